The van der Waals surface area contributed by atoms with E-state index in [1.54, 1.807) is 16.2 Å². The first-order valence-corrected chi connectivity index (χ1v) is 9.12. The summed E-state index contributed by atoms with van der Waals surface area (Å²) in [4.78, 5) is 29.1. The molecule has 8 heteroatoms. The maximum Gasteiger partial charge on any atom is 0.326 e. The van der Waals surface area contributed by atoms with Gasteiger partial charge in [-0.3, -0.25) is 14.3 Å². The molecule has 0 fully saturated rings. The van der Waals surface area contributed by atoms with Crippen molar-refractivity contribution in [3.05, 3.63) is 46.5 Å². The summed E-state index contributed by atoms with van der Waals surface area (Å²) >= 11 is 1.37. The quantitative estimate of drug-likeness (QED) is 0.643. The molecule has 2 aromatic heterocycles. The summed E-state index contributed by atoms with van der Waals surface area (Å²) in [5, 5.41) is 4.29. The lowest BCUT2D eigenvalue weighted by molar-refractivity contribution is -0.143. The van der Waals surface area contributed by atoms with Gasteiger partial charge in [0, 0.05) is 5.69 Å². The van der Waals surface area contributed by atoms with Gasteiger partial charge in [-0.1, -0.05) is 23.5 Å². The molecule has 0 atom stereocenters. The van der Waals surface area contributed by atoms with Crippen LogP contribution >= 0.6 is 11.3 Å². The standard InChI is InChI=1S/C18H20N4O3S/c1-4-25-17(24)11-21-14-7-5-6-8-15(14)26-18(21)19-16(23)10-22-13(3)9-12(2)20-22/h5-9H,4,10-11H2,1-3H3. The molecular formula is C18H20N4O3S. The predicted octanol–water partition coefficient (Wildman–Crippen LogP) is 2.21. The zero-order valence-electron chi connectivity index (χ0n) is 14.9. The van der Waals surface area contributed by atoms with Crippen molar-refractivity contribution < 1.29 is 14.3 Å². The molecule has 1 aromatic carbocycles. The fourth-order valence-corrected chi connectivity index (χ4v) is 3.75. The van der Waals surface area contributed by atoms with E-state index in [-0.39, 0.29) is 25.0 Å². The van der Waals surface area contributed by atoms with Crippen LogP contribution in [-0.4, -0.2) is 32.8 Å². The summed E-state index contributed by atoms with van der Waals surface area (Å²) in [7, 11) is 0. The van der Waals surface area contributed by atoms with E-state index in [2.05, 4.69) is 10.1 Å². The highest BCUT2D eigenvalue weighted by Gasteiger charge is 2.12. The summed E-state index contributed by atoms with van der Waals surface area (Å²) in [6.07, 6.45) is 0. The maximum absolute atomic E-state index is 12.4. The van der Waals surface area contributed by atoms with Crippen LogP contribution in [0.25, 0.3) is 10.2 Å². The van der Waals surface area contributed by atoms with Gasteiger partial charge in [-0.05, 0) is 39.0 Å². The first-order valence-electron chi connectivity index (χ1n) is 8.30. The van der Waals surface area contributed by atoms with Gasteiger partial charge in [0.15, 0.2) is 4.80 Å². The molecule has 3 aromatic rings. The number of carbonyl (C=O) groups excluding carboxylic acids is 2. The van der Waals surface area contributed by atoms with Crippen molar-refractivity contribution in [2.75, 3.05) is 6.61 Å². The van der Waals surface area contributed by atoms with Crippen LogP contribution in [0, 0.1) is 13.8 Å². The Balaban J connectivity index is 1.97. The molecule has 136 valence electrons. The Morgan fingerprint density at radius 2 is 2.00 bits per heavy atom. The fraction of sp³-hybridized carbons (Fsp3) is 0.333. The summed E-state index contributed by atoms with van der Waals surface area (Å²) in [6.45, 7) is 5.93. The fourth-order valence-electron chi connectivity index (χ4n) is 2.70. The number of amides is 1. The van der Waals surface area contributed by atoms with Crippen molar-refractivity contribution in [1.29, 1.82) is 0 Å². The van der Waals surface area contributed by atoms with Crippen molar-refractivity contribution in [2.24, 2.45) is 4.99 Å². The Morgan fingerprint density at radius 1 is 1.23 bits per heavy atom. The van der Waals surface area contributed by atoms with E-state index in [0.29, 0.717) is 11.4 Å². The van der Waals surface area contributed by atoms with Gasteiger partial charge in [-0.25, -0.2) is 0 Å². The lowest BCUT2D eigenvalue weighted by atomic mass is 10.3. The van der Waals surface area contributed by atoms with Crippen molar-refractivity contribution >= 4 is 33.4 Å². The first-order chi connectivity index (χ1) is 12.5. The SMILES string of the molecule is CCOC(=O)Cn1c(=NC(=O)Cn2nc(C)cc2C)sc2ccccc21. The van der Waals surface area contributed by atoms with Crippen LogP contribution in [-0.2, 0) is 27.4 Å². The number of aromatic nitrogens is 3. The monoisotopic (exact) mass is 372 g/mol. The third-order valence-corrected chi connectivity index (χ3v) is 4.85. The van der Waals surface area contributed by atoms with Crippen LogP contribution in [0.3, 0.4) is 0 Å². The molecule has 1 amide bonds. The molecule has 0 aliphatic rings. The minimum absolute atomic E-state index is 0.0177. The number of hydrogen-bond donors (Lipinski definition) is 0. The number of para-hydroxylation sites is 1. The Morgan fingerprint density at radius 3 is 2.69 bits per heavy atom. The number of esters is 1. The highest BCUT2D eigenvalue weighted by Crippen LogP contribution is 2.16. The molecule has 7 nitrogen and oxygen atoms in total. The number of hydrogen-bond acceptors (Lipinski definition) is 5. The molecule has 0 saturated carbocycles. The number of rotatable bonds is 5. The van der Waals surface area contributed by atoms with E-state index in [9.17, 15) is 9.59 Å². The molecule has 2 heterocycles. The van der Waals surface area contributed by atoms with Crippen LogP contribution in [0.2, 0.25) is 0 Å². The smallest absolute Gasteiger partial charge is 0.326 e. The normalized spacial score (nSPS) is 11.9. The number of carbonyl (C=O) groups is 2. The molecule has 0 spiro atoms. The average molecular weight is 372 g/mol. The lowest BCUT2D eigenvalue weighted by Crippen LogP contribution is -2.24. The third-order valence-electron chi connectivity index (χ3n) is 3.79. The molecule has 0 N–H and O–H groups in total. The number of nitrogens with zero attached hydrogens (tertiary/aromatic N) is 4. The Hall–Kier alpha value is -2.74. The number of fused-ring (bicyclic) bond motifs is 1. The summed E-state index contributed by atoms with van der Waals surface area (Å²) < 4.78 is 9.34. The number of thiazole rings is 1. The molecular weight excluding hydrogens is 352 g/mol. The number of aryl methyl sites for hydroxylation is 2. The Labute approximate surface area is 154 Å². The van der Waals surface area contributed by atoms with E-state index >= 15 is 0 Å². The van der Waals surface area contributed by atoms with Crippen molar-refractivity contribution in [3.63, 3.8) is 0 Å². The minimum atomic E-state index is -0.358. The van der Waals surface area contributed by atoms with Gasteiger partial charge in [-0.2, -0.15) is 10.1 Å². The minimum Gasteiger partial charge on any atom is -0.465 e. The highest BCUT2D eigenvalue weighted by atomic mass is 32.1. The highest BCUT2D eigenvalue weighted by molar-refractivity contribution is 7.16. The molecule has 26 heavy (non-hydrogen) atoms. The second kappa shape index (κ2) is 7.65. The number of ether oxygens (including phenoxy) is 1. The Kier molecular flexibility index (Phi) is 5.32. The van der Waals surface area contributed by atoms with Crippen LogP contribution in [0.15, 0.2) is 35.3 Å². The zero-order chi connectivity index (χ0) is 18.7. The van der Waals surface area contributed by atoms with E-state index < -0.39 is 0 Å². The largest absolute Gasteiger partial charge is 0.465 e. The van der Waals surface area contributed by atoms with Crippen LogP contribution < -0.4 is 4.80 Å². The molecule has 0 aliphatic carbocycles. The van der Waals surface area contributed by atoms with E-state index in [1.165, 1.54) is 11.3 Å². The van der Waals surface area contributed by atoms with Crippen LogP contribution in [0.4, 0.5) is 0 Å². The molecule has 3 rings (SSSR count). The lowest BCUT2D eigenvalue weighted by Gasteiger charge is -2.05. The zero-order valence-corrected chi connectivity index (χ0v) is 15.7. The van der Waals surface area contributed by atoms with Gasteiger partial charge in [-0.15, -0.1) is 0 Å². The average Bonchev–Trinajstić information content (AvgIpc) is 3.07. The molecule has 0 bridgehead atoms. The third kappa shape index (κ3) is 3.91. The van der Waals surface area contributed by atoms with Gasteiger partial charge in [0.05, 0.1) is 22.5 Å². The van der Waals surface area contributed by atoms with Crippen LogP contribution in [0.5, 0.6) is 0 Å². The second-order valence-corrected chi connectivity index (χ2v) is 6.84. The Bertz CT molecular complexity index is 1030. The van der Waals surface area contributed by atoms with E-state index in [4.69, 9.17) is 4.74 Å². The van der Waals surface area contributed by atoms with E-state index in [0.717, 1.165) is 21.6 Å². The van der Waals surface area contributed by atoms with Gasteiger partial charge in [0.2, 0.25) is 0 Å². The topological polar surface area (TPSA) is 78.5 Å². The van der Waals surface area contributed by atoms with Gasteiger partial charge < -0.3 is 9.30 Å². The molecule has 0 unspecified atom stereocenters. The molecule has 0 saturated heterocycles. The van der Waals surface area contributed by atoms with E-state index in [1.807, 2.05) is 44.2 Å². The van der Waals surface area contributed by atoms with Gasteiger partial charge in [0.25, 0.3) is 5.91 Å². The molecule has 0 aliphatic heterocycles. The summed E-state index contributed by atoms with van der Waals surface area (Å²) in [6, 6.07) is 9.54. The van der Waals surface area contributed by atoms with Crippen LogP contribution in [0.1, 0.15) is 18.3 Å². The van der Waals surface area contributed by atoms with Crippen molar-refractivity contribution in [1.82, 2.24) is 14.3 Å². The summed E-state index contributed by atoms with van der Waals surface area (Å²) in [5.74, 6) is -0.677. The van der Waals surface area contributed by atoms with Gasteiger partial charge >= 0.3 is 5.97 Å². The first kappa shape index (κ1) is 18.1. The second-order valence-electron chi connectivity index (χ2n) is 5.83. The number of benzene rings is 1. The summed E-state index contributed by atoms with van der Waals surface area (Å²) in [5.41, 5.74) is 2.61. The van der Waals surface area contributed by atoms with Gasteiger partial charge in [0.1, 0.15) is 13.1 Å². The molecule has 0 radical (unpaired) electrons. The van der Waals surface area contributed by atoms with Crippen molar-refractivity contribution in [2.45, 2.75) is 33.9 Å². The van der Waals surface area contributed by atoms with Crippen molar-refractivity contribution in [3.8, 4) is 0 Å². The predicted molar refractivity (Wildman–Crippen MR) is 98.7 cm³/mol. The maximum atomic E-state index is 12.4.